The normalized spacial score (nSPS) is 10.6. The Balaban J connectivity index is 1.61. The molecule has 8 heteroatoms. The zero-order chi connectivity index (χ0) is 22.3. The van der Waals surface area contributed by atoms with Gasteiger partial charge in [-0.15, -0.1) is 0 Å². The van der Waals surface area contributed by atoms with E-state index in [1.165, 1.54) is 24.4 Å². The summed E-state index contributed by atoms with van der Waals surface area (Å²) in [7, 11) is 0. The van der Waals surface area contributed by atoms with Crippen LogP contribution in [0.4, 0.5) is 10.3 Å². The highest BCUT2D eigenvalue weighted by Crippen LogP contribution is 2.25. The van der Waals surface area contributed by atoms with E-state index in [-0.39, 0.29) is 23.0 Å². The Morgan fingerprint density at radius 3 is 2.50 bits per heavy atom. The first-order chi connectivity index (χ1) is 15.6. The lowest BCUT2D eigenvalue weighted by atomic mass is 10.1. The number of hydrogen-bond donors (Lipinski definition) is 2. The highest BCUT2D eigenvalue weighted by molar-refractivity contribution is 5.84. The fraction of sp³-hybridized carbons (Fsp3) is 0. The monoisotopic (exact) mass is 425 g/mol. The molecule has 7 nitrogen and oxygen atoms in total. The molecule has 1 aromatic heterocycles. The number of hydrogen-bond acceptors (Lipinski definition) is 6. The van der Waals surface area contributed by atoms with E-state index in [2.05, 4.69) is 20.5 Å². The van der Waals surface area contributed by atoms with Gasteiger partial charge in [-0.25, -0.2) is 14.8 Å². The van der Waals surface area contributed by atoms with Gasteiger partial charge in [0.2, 0.25) is 5.95 Å². The number of ether oxygens (including phenoxy) is 1. The minimum absolute atomic E-state index is 0.0525. The van der Waals surface area contributed by atoms with Crippen LogP contribution < -0.4 is 15.7 Å². The first-order valence-corrected chi connectivity index (χ1v) is 9.55. The Labute approximate surface area is 182 Å². The number of anilines is 1. The SMILES string of the molecule is N#Cc1c(-c2ccccc2)nc(NN=Cc2ccc(F)cc2Oc2ccccc2)[nH]c1=O. The molecule has 0 amide bonds. The average molecular weight is 425 g/mol. The molecule has 0 radical (unpaired) electrons. The summed E-state index contributed by atoms with van der Waals surface area (Å²) >= 11 is 0. The molecular formula is C24H16FN5O2. The van der Waals surface area contributed by atoms with E-state index in [0.717, 1.165) is 0 Å². The quantitative estimate of drug-likeness (QED) is 0.345. The van der Waals surface area contributed by atoms with Crippen LogP contribution in [0.3, 0.4) is 0 Å². The minimum Gasteiger partial charge on any atom is -0.457 e. The highest BCUT2D eigenvalue weighted by Gasteiger charge is 2.13. The van der Waals surface area contributed by atoms with Gasteiger partial charge >= 0.3 is 0 Å². The lowest BCUT2D eigenvalue weighted by molar-refractivity contribution is 0.476. The van der Waals surface area contributed by atoms with Crippen LogP contribution in [0.2, 0.25) is 0 Å². The van der Waals surface area contributed by atoms with Crippen LogP contribution in [0, 0.1) is 17.1 Å². The first-order valence-electron chi connectivity index (χ1n) is 9.55. The van der Waals surface area contributed by atoms with Crippen molar-refractivity contribution in [2.45, 2.75) is 0 Å². The van der Waals surface area contributed by atoms with Crippen LogP contribution in [-0.4, -0.2) is 16.2 Å². The molecular weight excluding hydrogens is 409 g/mol. The van der Waals surface area contributed by atoms with E-state index in [1.54, 1.807) is 48.5 Å². The van der Waals surface area contributed by atoms with Gasteiger partial charge in [-0.05, 0) is 24.3 Å². The van der Waals surface area contributed by atoms with Crippen LogP contribution in [0.1, 0.15) is 11.1 Å². The van der Waals surface area contributed by atoms with E-state index in [9.17, 15) is 14.4 Å². The van der Waals surface area contributed by atoms with Crippen LogP contribution in [0.15, 0.2) is 88.8 Å². The van der Waals surface area contributed by atoms with Crippen LogP contribution in [-0.2, 0) is 0 Å². The summed E-state index contributed by atoms with van der Waals surface area (Å²) < 4.78 is 19.5. The number of nitrogens with zero attached hydrogens (tertiary/aromatic N) is 3. The Kier molecular flexibility index (Phi) is 6.00. The third-order valence-corrected chi connectivity index (χ3v) is 4.40. The molecule has 0 aliphatic carbocycles. The third-order valence-electron chi connectivity index (χ3n) is 4.40. The molecule has 4 rings (SSSR count). The van der Waals surface area contributed by atoms with Gasteiger partial charge in [0.05, 0.1) is 11.9 Å². The number of aromatic amines is 1. The van der Waals surface area contributed by atoms with Gasteiger partial charge < -0.3 is 4.74 Å². The average Bonchev–Trinajstić information content (AvgIpc) is 2.81. The molecule has 0 aliphatic rings. The molecule has 2 N–H and O–H groups in total. The number of H-pyrrole nitrogens is 1. The highest BCUT2D eigenvalue weighted by atomic mass is 19.1. The van der Waals surface area contributed by atoms with E-state index < -0.39 is 11.4 Å². The van der Waals surface area contributed by atoms with Gasteiger partial charge in [-0.1, -0.05) is 48.5 Å². The Hall–Kier alpha value is -4.77. The Morgan fingerprint density at radius 1 is 1.06 bits per heavy atom. The summed E-state index contributed by atoms with van der Waals surface area (Å²) in [5.41, 5.74) is 3.33. The summed E-state index contributed by atoms with van der Waals surface area (Å²) in [5, 5.41) is 13.4. The van der Waals surface area contributed by atoms with Crippen molar-refractivity contribution in [3.8, 4) is 28.8 Å². The van der Waals surface area contributed by atoms with E-state index in [1.807, 2.05) is 18.2 Å². The zero-order valence-electron chi connectivity index (χ0n) is 16.6. The molecule has 0 unspecified atom stereocenters. The molecule has 156 valence electrons. The fourth-order valence-electron chi connectivity index (χ4n) is 2.92. The zero-order valence-corrected chi connectivity index (χ0v) is 16.6. The lowest BCUT2D eigenvalue weighted by Crippen LogP contribution is -2.16. The molecule has 0 saturated heterocycles. The molecule has 0 fully saturated rings. The Bertz CT molecular complexity index is 1360. The van der Waals surface area contributed by atoms with Gasteiger partial charge in [-0.3, -0.25) is 9.78 Å². The summed E-state index contributed by atoms with van der Waals surface area (Å²) in [6, 6.07) is 23.8. The number of para-hydroxylation sites is 1. The minimum atomic E-state index is -0.589. The molecule has 4 aromatic rings. The van der Waals surface area contributed by atoms with Crippen molar-refractivity contribution in [3.05, 3.63) is 106 Å². The van der Waals surface area contributed by atoms with Gasteiger partial charge in [0.1, 0.15) is 28.9 Å². The predicted octanol–water partition coefficient (Wildman–Crippen LogP) is 4.69. The maximum Gasteiger partial charge on any atom is 0.270 e. The smallest absolute Gasteiger partial charge is 0.270 e. The molecule has 0 atom stereocenters. The maximum atomic E-state index is 13.7. The van der Waals surface area contributed by atoms with Crippen LogP contribution >= 0.6 is 0 Å². The van der Waals surface area contributed by atoms with Gasteiger partial charge in [0, 0.05) is 17.2 Å². The predicted molar refractivity (Wildman–Crippen MR) is 119 cm³/mol. The fourth-order valence-corrected chi connectivity index (χ4v) is 2.92. The summed E-state index contributed by atoms with van der Waals surface area (Å²) in [4.78, 5) is 19.1. The number of hydrazone groups is 1. The molecule has 3 aromatic carbocycles. The van der Waals surface area contributed by atoms with Crippen molar-refractivity contribution in [2.75, 3.05) is 5.43 Å². The largest absolute Gasteiger partial charge is 0.457 e. The number of halogens is 1. The maximum absolute atomic E-state index is 13.7. The number of nitrogens with one attached hydrogen (secondary N) is 2. The molecule has 0 spiro atoms. The second-order valence-electron chi connectivity index (χ2n) is 6.58. The van der Waals surface area contributed by atoms with Crippen LogP contribution in [0.5, 0.6) is 11.5 Å². The van der Waals surface area contributed by atoms with E-state index >= 15 is 0 Å². The summed E-state index contributed by atoms with van der Waals surface area (Å²) in [6.45, 7) is 0. The van der Waals surface area contributed by atoms with Gasteiger partial charge in [0.25, 0.3) is 5.56 Å². The van der Waals surface area contributed by atoms with E-state index in [0.29, 0.717) is 16.9 Å². The molecule has 0 aliphatic heterocycles. The molecule has 32 heavy (non-hydrogen) atoms. The first kappa shape index (κ1) is 20.5. The van der Waals surface area contributed by atoms with Gasteiger partial charge in [-0.2, -0.15) is 10.4 Å². The number of rotatable bonds is 6. The van der Waals surface area contributed by atoms with Crippen molar-refractivity contribution in [2.24, 2.45) is 5.10 Å². The number of nitriles is 1. The molecule has 0 bridgehead atoms. The second kappa shape index (κ2) is 9.36. The standard InChI is InChI=1S/C24H16FN5O2/c25-18-12-11-17(21(13-18)32-19-9-5-2-6-10-19)15-27-30-24-28-22(16-7-3-1-4-8-16)20(14-26)23(31)29-24/h1-13,15H,(H2,28,29,30,31). The van der Waals surface area contributed by atoms with E-state index in [4.69, 9.17) is 4.74 Å². The van der Waals surface area contributed by atoms with Crippen molar-refractivity contribution in [1.29, 1.82) is 5.26 Å². The molecule has 1 heterocycles. The van der Waals surface area contributed by atoms with Crippen molar-refractivity contribution in [1.82, 2.24) is 9.97 Å². The Morgan fingerprint density at radius 2 is 1.78 bits per heavy atom. The number of aromatic nitrogens is 2. The summed E-state index contributed by atoms with van der Waals surface area (Å²) in [5.74, 6) is 0.419. The van der Waals surface area contributed by atoms with Crippen LogP contribution in [0.25, 0.3) is 11.3 Å². The molecule has 0 saturated carbocycles. The van der Waals surface area contributed by atoms with Crippen molar-refractivity contribution in [3.63, 3.8) is 0 Å². The van der Waals surface area contributed by atoms with Crippen molar-refractivity contribution < 1.29 is 9.13 Å². The lowest BCUT2D eigenvalue weighted by Gasteiger charge is -2.09. The topological polar surface area (TPSA) is 103 Å². The number of benzene rings is 3. The summed E-state index contributed by atoms with van der Waals surface area (Å²) in [6.07, 6.45) is 1.41. The third kappa shape index (κ3) is 4.68. The van der Waals surface area contributed by atoms with Gasteiger partial charge in [0.15, 0.2) is 0 Å². The second-order valence-corrected chi connectivity index (χ2v) is 6.58. The van der Waals surface area contributed by atoms with Crippen molar-refractivity contribution >= 4 is 12.2 Å².